The number of amides is 1. The van der Waals surface area contributed by atoms with Crippen molar-refractivity contribution in [3.63, 3.8) is 0 Å². The standard InChI is InChI=1S/C28H24Cl2N6O2/c29-21-9-5-18(6-10-21)15-35-27(38)34(16-24(31)37)26(33-35)36-17-28(14-13-19-3-1-2-4-23(19)28)25(32-36)20-7-11-22(30)12-8-20/h1-12H,13-17H2,(H2,31,37)/t28-/m0/s1. The summed E-state index contributed by atoms with van der Waals surface area (Å²) in [5.74, 6) is -0.364. The van der Waals surface area contributed by atoms with Crippen molar-refractivity contribution in [2.45, 2.75) is 31.3 Å². The molecule has 0 saturated heterocycles. The summed E-state index contributed by atoms with van der Waals surface area (Å²) in [7, 11) is 0. The van der Waals surface area contributed by atoms with E-state index < -0.39 is 17.0 Å². The van der Waals surface area contributed by atoms with Gasteiger partial charge in [-0.05, 0) is 59.4 Å². The highest BCUT2D eigenvalue weighted by atomic mass is 35.5. The van der Waals surface area contributed by atoms with Crippen LogP contribution in [0, 0.1) is 0 Å². The summed E-state index contributed by atoms with van der Waals surface area (Å²) in [6, 6.07) is 23.2. The number of carbonyl (C=O) groups is 1. The molecule has 6 rings (SSSR count). The number of aryl methyl sites for hydroxylation is 1. The monoisotopic (exact) mass is 546 g/mol. The van der Waals surface area contributed by atoms with Crippen molar-refractivity contribution < 1.29 is 4.79 Å². The lowest BCUT2D eigenvalue weighted by Gasteiger charge is -2.27. The van der Waals surface area contributed by atoms with Crippen LogP contribution in [0.2, 0.25) is 10.0 Å². The normalized spacial score (nSPS) is 18.2. The quantitative estimate of drug-likeness (QED) is 0.395. The number of halogens is 2. The molecule has 1 aliphatic carbocycles. The predicted molar refractivity (Wildman–Crippen MR) is 148 cm³/mol. The van der Waals surface area contributed by atoms with E-state index in [9.17, 15) is 9.59 Å². The van der Waals surface area contributed by atoms with Gasteiger partial charge in [-0.2, -0.15) is 5.10 Å². The van der Waals surface area contributed by atoms with E-state index in [0.29, 0.717) is 16.6 Å². The van der Waals surface area contributed by atoms with E-state index in [1.54, 1.807) is 17.1 Å². The molecule has 192 valence electrons. The summed E-state index contributed by atoms with van der Waals surface area (Å²) in [6.45, 7) is 0.378. The van der Waals surface area contributed by atoms with Gasteiger partial charge >= 0.3 is 5.69 Å². The molecule has 0 bridgehead atoms. The fourth-order valence-electron chi connectivity index (χ4n) is 5.52. The van der Waals surface area contributed by atoms with Gasteiger partial charge in [0.1, 0.15) is 6.54 Å². The molecule has 3 aromatic carbocycles. The largest absolute Gasteiger partial charge is 0.368 e. The third kappa shape index (κ3) is 4.19. The lowest BCUT2D eigenvalue weighted by atomic mass is 9.75. The highest BCUT2D eigenvalue weighted by molar-refractivity contribution is 6.31. The SMILES string of the molecule is NC(=O)Cn1c(N2C[C@]3(CCc4ccccc43)C(c3ccc(Cl)cc3)=N2)nn(Cc2ccc(Cl)cc2)c1=O. The van der Waals surface area contributed by atoms with Crippen molar-refractivity contribution >= 4 is 40.8 Å². The van der Waals surface area contributed by atoms with Crippen LogP contribution in [0.25, 0.3) is 0 Å². The molecule has 4 aromatic rings. The summed E-state index contributed by atoms with van der Waals surface area (Å²) >= 11 is 12.2. The van der Waals surface area contributed by atoms with Crippen LogP contribution >= 0.6 is 23.2 Å². The molecule has 8 nitrogen and oxygen atoms in total. The van der Waals surface area contributed by atoms with Crippen LogP contribution in [-0.4, -0.2) is 32.5 Å². The minimum atomic E-state index is -0.638. The summed E-state index contributed by atoms with van der Waals surface area (Å²) in [6.07, 6.45) is 1.77. The van der Waals surface area contributed by atoms with E-state index in [2.05, 4.69) is 17.2 Å². The molecule has 1 amide bonds. The van der Waals surface area contributed by atoms with Gasteiger partial charge in [0.15, 0.2) is 0 Å². The summed E-state index contributed by atoms with van der Waals surface area (Å²) < 4.78 is 2.62. The Labute approximate surface area is 228 Å². The zero-order chi connectivity index (χ0) is 26.4. The number of carbonyl (C=O) groups excluding carboxylic acids is 1. The number of anilines is 1. The second-order valence-electron chi connectivity index (χ2n) is 9.67. The van der Waals surface area contributed by atoms with Crippen molar-refractivity contribution in [2.24, 2.45) is 10.8 Å². The number of hydrogen-bond donors (Lipinski definition) is 1. The average molecular weight is 547 g/mol. The van der Waals surface area contributed by atoms with Crippen molar-refractivity contribution in [1.29, 1.82) is 0 Å². The van der Waals surface area contributed by atoms with Gasteiger partial charge in [0.05, 0.1) is 24.2 Å². The van der Waals surface area contributed by atoms with Gasteiger partial charge in [0.2, 0.25) is 11.9 Å². The maximum Gasteiger partial charge on any atom is 0.348 e. The Hall–Kier alpha value is -3.88. The average Bonchev–Trinajstić information content (AvgIpc) is 3.57. The van der Waals surface area contributed by atoms with Crippen LogP contribution in [-0.2, 0) is 29.7 Å². The Morgan fingerprint density at radius 2 is 1.66 bits per heavy atom. The predicted octanol–water partition coefficient (Wildman–Crippen LogP) is 3.99. The van der Waals surface area contributed by atoms with Gasteiger partial charge in [-0.25, -0.2) is 14.5 Å². The number of fused-ring (bicyclic) bond motifs is 2. The minimum Gasteiger partial charge on any atom is -0.368 e. The molecule has 1 aromatic heterocycles. The molecule has 2 heterocycles. The zero-order valence-corrected chi connectivity index (χ0v) is 21.9. The van der Waals surface area contributed by atoms with E-state index in [-0.39, 0.29) is 19.0 Å². The smallest absolute Gasteiger partial charge is 0.348 e. The second kappa shape index (κ2) is 9.45. The van der Waals surface area contributed by atoms with Gasteiger partial charge in [0.25, 0.3) is 0 Å². The summed E-state index contributed by atoms with van der Waals surface area (Å²) in [5.41, 5.74) is 9.84. The maximum atomic E-state index is 13.4. The van der Waals surface area contributed by atoms with E-state index in [1.807, 2.05) is 48.5 Å². The molecule has 1 spiro atoms. The Kier molecular flexibility index (Phi) is 6.08. The Bertz CT molecular complexity index is 1620. The Morgan fingerprint density at radius 1 is 0.974 bits per heavy atom. The van der Waals surface area contributed by atoms with Gasteiger partial charge in [-0.15, -0.1) is 5.10 Å². The Morgan fingerprint density at radius 3 is 2.37 bits per heavy atom. The highest BCUT2D eigenvalue weighted by Crippen LogP contribution is 2.46. The third-order valence-electron chi connectivity index (χ3n) is 7.26. The first-order chi connectivity index (χ1) is 18.3. The van der Waals surface area contributed by atoms with Crippen LogP contribution in [0.15, 0.2) is 82.7 Å². The minimum absolute atomic E-state index is 0.213. The van der Waals surface area contributed by atoms with Crippen molar-refractivity contribution in [1.82, 2.24) is 14.3 Å². The molecule has 1 atom stereocenters. The zero-order valence-electron chi connectivity index (χ0n) is 20.3. The highest BCUT2D eigenvalue weighted by Gasteiger charge is 2.49. The van der Waals surface area contributed by atoms with Crippen LogP contribution in [0.4, 0.5) is 5.95 Å². The van der Waals surface area contributed by atoms with E-state index in [4.69, 9.17) is 34.0 Å². The molecule has 0 unspecified atom stereocenters. The summed E-state index contributed by atoms with van der Waals surface area (Å²) in [5, 5.41) is 12.6. The fourth-order valence-corrected chi connectivity index (χ4v) is 5.77. The van der Waals surface area contributed by atoms with E-state index in [0.717, 1.165) is 29.7 Å². The van der Waals surface area contributed by atoms with Crippen LogP contribution in [0.5, 0.6) is 0 Å². The molecule has 10 heteroatoms. The number of aromatic nitrogens is 3. The second-order valence-corrected chi connectivity index (χ2v) is 10.5. The molecule has 0 radical (unpaired) electrons. The topological polar surface area (TPSA) is 98.5 Å². The van der Waals surface area contributed by atoms with E-state index in [1.165, 1.54) is 20.4 Å². The number of rotatable bonds is 6. The molecule has 2 N–H and O–H groups in total. The number of benzene rings is 3. The maximum absolute atomic E-state index is 13.4. The lowest BCUT2D eigenvalue weighted by Crippen LogP contribution is -2.38. The first kappa shape index (κ1) is 24.5. The van der Waals surface area contributed by atoms with Gasteiger partial charge in [-0.3, -0.25) is 9.36 Å². The van der Waals surface area contributed by atoms with Gasteiger partial charge in [0, 0.05) is 10.0 Å². The number of nitrogens with two attached hydrogens (primary N) is 1. The Balaban J connectivity index is 1.47. The third-order valence-corrected chi connectivity index (χ3v) is 7.76. The van der Waals surface area contributed by atoms with E-state index >= 15 is 0 Å². The van der Waals surface area contributed by atoms with Crippen molar-refractivity contribution in [2.75, 3.05) is 11.6 Å². The fraction of sp³-hybridized carbons (Fsp3) is 0.214. The van der Waals surface area contributed by atoms with Crippen molar-refractivity contribution in [3.05, 3.63) is 116 Å². The molecule has 1 aliphatic heterocycles. The lowest BCUT2D eigenvalue weighted by molar-refractivity contribution is -0.118. The van der Waals surface area contributed by atoms with Crippen LogP contribution in [0.1, 0.15) is 28.7 Å². The van der Waals surface area contributed by atoms with Gasteiger partial charge in [-0.1, -0.05) is 71.7 Å². The molecule has 0 saturated carbocycles. The molecule has 38 heavy (non-hydrogen) atoms. The molecule has 2 aliphatic rings. The summed E-state index contributed by atoms with van der Waals surface area (Å²) in [4.78, 5) is 25.4. The first-order valence-electron chi connectivity index (χ1n) is 12.3. The molecular weight excluding hydrogens is 523 g/mol. The number of nitrogens with zero attached hydrogens (tertiary/aromatic N) is 5. The number of hydrogen-bond acceptors (Lipinski definition) is 5. The number of hydrazone groups is 1. The van der Waals surface area contributed by atoms with Crippen molar-refractivity contribution in [3.8, 4) is 0 Å². The van der Waals surface area contributed by atoms with Gasteiger partial charge < -0.3 is 5.73 Å². The first-order valence-corrected chi connectivity index (χ1v) is 13.0. The molecule has 0 fully saturated rings. The molecular formula is C28H24Cl2N6O2. The van der Waals surface area contributed by atoms with Crippen LogP contribution in [0.3, 0.4) is 0 Å². The number of primary amides is 1. The van der Waals surface area contributed by atoms with Crippen LogP contribution < -0.4 is 16.4 Å².